The Hall–Kier alpha value is -1.93. The predicted molar refractivity (Wildman–Crippen MR) is 86.8 cm³/mol. The van der Waals surface area contributed by atoms with E-state index >= 15 is 0 Å². The number of hydrogen-bond acceptors (Lipinski definition) is 2. The molecule has 0 aliphatic carbocycles. The van der Waals surface area contributed by atoms with Crippen LogP contribution in [0.25, 0.3) is 16.7 Å². The van der Waals surface area contributed by atoms with E-state index in [4.69, 9.17) is 0 Å². The standard InChI is InChI=1S/C19H20N2/c1-2-5-14(6-3-1)16-11-12-20-13-18(16)17-8-4-7-15-9-10-19(17)21-15/h1-3,5-6,8,11-13,15,19,21H,4,7,9-10H2. The maximum absolute atomic E-state index is 4.39. The summed E-state index contributed by atoms with van der Waals surface area (Å²) in [6.45, 7) is 0. The first-order valence-corrected chi connectivity index (χ1v) is 7.88. The quantitative estimate of drug-likeness (QED) is 0.895. The van der Waals surface area contributed by atoms with Crippen LogP contribution in [-0.4, -0.2) is 17.1 Å². The van der Waals surface area contributed by atoms with Gasteiger partial charge < -0.3 is 5.32 Å². The second-order valence-corrected chi connectivity index (χ2v) is 6.02. The highest BCUT2D eigenvalue weighted by atomic mass is 15.0. The Kier molecular flexibility index (Phi) is 3.32. The van der Waals surface area contributed by atoms with Gasteiger partial charge in [0.15, 0.2) is 0 Å². The summed E-state index contributed by atoms with van der Waals surface area (Å²) < 4.78 is 0. The fourth-order valence-corrected chi connectivity index (χ4v) is 3.67. The maximum Gasteiger partial charge on any atom is 0.0349 e. The van der Waals surface area contributed by atoms with Gasteiger partial charge in [0.2, 0.25) is 0 Å². The van der Waals surface area contributed by atoms with Crippen LogP contribution in [0.4, 0.5) is 0 Å². The van der Waals surface area contributed by atoms with Gasteiger partial charge in [0.1, 0.15) is 0 Å². The van der Waals surface area contributed by atoms with Crippen molar-refractivity contribution in [2.75, 3.05) is 0 Å². The summed E-state index contributed by atoms with van der Waals surface area (Å²) in [7, 11) is 0. The van der Waals surface area contributed by atoms with Crippen molar-refractivity contribution in [2.24, 2.45) is 0 Å². The molecular formula is C19H20N2. The number of pyridine rings is 1. The smallest absolute Gasteiger partial charge is 0.0349 e. The van der Waals surface area contributed by atoms with E-state index in [2.05, 4.69) is 52.8 Å². The van der Waals surface area contributed by atoms with Crippen molar-refractivity contribution in [1.29, 1.82) is 0 Å². The van der Waals surface area contributed by atoms with Crippen molar-refractivity contribution in [3.05, 3.63) is 60.4 Å². The average molecular weight is 276 g/mol. The zero-order valence-corrected chi connectivity index (χ0v) is 12.1. The van der Waals surface area contributed by atoms with Crippen LogP contribution in [0.2, 0.25) is 0 Å². The molecule has 1 aromatic carbocycles. The Labute approximate surface area is 125 Å². The van der Waals surface area contributed by atoms with Crippen LogP contribution >= 0.6 is 0 Å². The predicted octanol–water partition coefficient (Wildman–Crippen LogP) is 4.05. The fourth-order valence-electron chi connectivity index (χ4n) is 3.67. The molecule has 106 valence electrons. The lowest BCUT2D eigenvalue weighted by molar-refractivity contribution is 0.559. The Morgan fingerprint density at radius 3 is 2.76 bits per heavy atom. The largest absolute Gasteiger partial charge is 0.307 e. The number of aromatic nitrogens is 1. The first-order valence-electron chi connectivity index (χ1n) is 7.88. The number of benzene rings is 1. The lowest BCUT2D eigenvalue weighted by Gasteiger charge is -2.18. The number of nitrogens with zero attached hydrogens (tertiary/aromatic N) is 1. The van der Waals surface area contributed by atoms with Gasteiger partial charge in [-0.1, -0.05) is 36.4 Å². The van der Waals surface area contributed by atoms with E-state index in [-0.39, 0.29) is 0 Å². The highest BCUT2D eigenvalue weighted by Gasteiger charge is 2.29. The molecule has 2 aliphatic rings. The van der Waals surface area contributed by atoms with Crippen LogP contribution in [-0.2, 0) is 0 Å². The van der Waals surface area contributed by atoms with Crippen molar-refractivity contribution < 1.29 is 0 Å². The summed E-state index contributed by atoms with van der Waals surface area (Å²) in [5, 5.41) is 3.78. The minimum absolute atomic E-state index is 0.504. The average Bonchev–Trinajstić information content (AvgIpc) is 2.90. The van der Waals surface area contributed by atoms with Gasteiger partial charge >= 0.3 is 0 Å². The second-order valence-electron chi connectivity index (χ2n) is 6.02. The van der Waals surface area contributed by atoms with Gasteiger partial charge in [-0.2, -0.15) is 0 Å². The molecular weight excluding hydrogens is 256 g/mol. The van der Waals surface area contributed by atoms with E-state index in [0.29, 0.717) is 12.1 Å². The molecule has 2 aliphatic heterocycles. The third-order valence-electron chi connectivity index (χ3n) is 4.71. The van der Waals surface area contributed by atoms with E-state index in [0.717, 1.165) is 0 Å². The monoisotopic (exact) mass is 276 g/mol. The molecule has 21 heavy (non-hydrogen) atoms. The van der Waals surface area contributed by atoms with Gasteiger partial charge in [-0.25, -0.2) is 0 Å². The van der Waals surface area contributed by atoms with E-state index in [1.54, 1.807) is 0 Å². The number of allylic oxidation sites excluding steroid dienone is 1. The molecule has 0 saturated carbocycles. The Balaban J connectivity index is 1.80. The first-order chi connectivity index (χ1) is 10.4. The van der Waals surface area contributed by atoms with Gasteiger partial charge in [-0.3, -0.25) is 4.98 Å². The highest BCUT2D eigenvalue weighted by molar-refractivity contribution is 5.83. The van der Waals surface area contributed by atoms with E-state index in [1.807, 2.05) is 12.4 Å². The summed E-state index contributed by atoms with van der Waals surface area (Å²) in [4.78, 5) is 4.39. The van der Waals surface area contributed by atoms with Crippen molar-refractivity contribution in [2.45, 2.75) is 37.8 Å². The molecule has 2 unspecified atom stereocenters. The molecule has 0 amide bonds. The van der Waals surface area contributed by atoms with Crippen molar-refractivity contribution >= 4 is 5.57 Å². The molecule has 0 radical (unpaired) electrons. The van der Waals surface area contributed by atoms with Gasteiger partial charge in [-0.05, 0) is 48.4 Å². The van der Waals surface area contributed by atoms with Crippen LogP contribution in [0.5, 0.6) is 0 Å². The molecule has 0 spiro atoms. The lowest BCUT2D eigenvalue weighted by Crippen LogP contribution is -2.28. The van der Waals surface area contributed by atoms with Crippen LogP contribution in [0.3, 0.4) is 0 Å². The molecule has 2 heteroatoms. The molecule has 2 aromatic rings. The van der Waals surface area contributed by atoms with Gasteiger partial charge in [-0.15, -0.1) is 0 Å². The van der Waals surface area contributed by atoms with Crippen LogP contribution in [0.1, 0.15) is 31.2 Å². The molecule has 4 rings (SSSR count). The SMILES string of the molecule is C1=C(c2cnccc2-c2ccccc2)C2CCC(CC1)N2. The summed E-state index contributed by atoms with van der Waals surface area (Å²) in [5.74, 6) is 0. The molecule has 2 bridgehead atoms. The molecule has 1 aromatic heterocycles. The normalized spacial score (nSPS) is 24.5. The van der Waals surface area contributed by atoms with Gasteiger partial charge in [0, 0.05) is 30.0 Å². The highest BCUT2D eigenvalue weighted by Crippen LogP contribution is 2.36. The van der Waals surface area contributed by atoms with Crippen LogP contribution in [0, 0.1) is 0 Å². The summed E-state index contributed by atoms with van der Waals surface area (Å²) in [6.07, 6.45) is 11.4. The minimum atomic E-state index is 0.504. The van der Waals surface area contributed by atoms with Crippen molar-refractivity contribution in [3.63, 3.8) is 0 Å². The molecule has 1 fully saturated rings. The number of nitrogens with one attached hydrogen (secondary N) is 1. The molecule has 1 N–H and O–H groups in total. The van der Waals surface area contributed by atoms with Gasteiger partial charge in [0.05, 0.1) is 0 Å². The maximum atomic E-state index is 4.39. The number of fused-ring (bicyclic) bond motifs is 2. The Morgan fingerprint density at radius 2 is 1.86 bits per heavy atom. The topological polar surface area (TPSA) is 24.9 Å². The number of rotatable bonds is 2. The van der Waals surface area contributed by atoms with E-state index in [1.165, 1.54) is 47.9 Å². The minimum Gasteiger partial charge on any atom is -0.307 e. The second kappa shape index (κ2) is 5.45. The Morgan fingerprint density at radius 1 is 0.952 bits per heavy atom. The van der Waals surface area contributed by atoms with Crippen molar-refractivity contribution in [1.82, 2.24) is 10.3 Å². The van der Waals surface area contributed by atoms with Gasteiger partial charge in [0.25, 0.3) is 0 Å². The van der Waals surface area contributed by atoms with Crippen LogP contribution in [0.15, 0.2) is 54.9 Å². The van der Waals surface area contributed by atoms with E-state index < -0.39 is 0 Å². The Bertz CT molecular complexity index is 660. The summed E-state index contributed by atoms with van der Waals surface area (Å²) >= 11 is 0. The zero-order valence-electron chi connectivity index (χ0n) is 12.1. The molecule has 2 atom stereocenters. The molecule has 3 heterocycles. The molecule has 2 nitrogen and oxygen atoms in total. The summed E-state index contributed by atoms with van der Waals surface area (Å²) in [6, 6.07) is 14.0. The third kappa shape index (κ3) is 2.40. The lowest BCUT2D eigenvalue weighted by atomic mass is 9.90. The third-order valence-corrected chi connectivity index (χ3v) is 4.71. The number of hydrogen-bond donors (Lipinski definition) is 1. The van der Waals surface area contributed by atoms with E-state index in [9.17, 15) is 0 Å². The summed E-state index contributed by atoms with van der Waals surface area (Å²) in [5.41, 5.74) is 5.31. The fraction of sp³-hybridized carbons (Fsp3) is 0.316. The zero-order chi connectivity index (χ0) is 14.1. The van der Waals surface area contributed by atoms with Crippen LogP contribution < -0.4 is 5.32 Å². The first kappa shape index (κ1) is 12.8. The van der Waals surface area contributed by atoms with Crippen molar-refractivity contribution in [3.8, 4) is 11.1 Å². The molecule has 1 saturated heterocycles.